The highest BCUT2D eigenvalue weighted by molar-refractivity contribution is 5.72. The van der Waals surface area contributed by atoms with Crippen molar-refractivity contribution in [1.82, 2.24) is 15.0 Å². The van der Waals surface area contributed by atoms with Crippen LogP contribution in [-0.2, 0) is 0 Å². The zero-order valence-corrected chi connectivity index (χ0v) is 10.4. The normalized spacial score (nSPS) is 24.5. The van der Waals surface area contributed by atoms with Crippen molar-refractivity contribution < 1.29 is 0 Å². The van der Waals surface area contributed by atoms with Gasteiger partial charge in [0, 0.05) is 5.92 Å². The minimum Gasteiger partial charge on any atom is -0.384 e. The van der Waals surface area contributed by atoms with Crippen LogP contribution in [0.25, 0.3) is 11.2 Å². The Hall–Kier alpha value is -1.62. The van der Waals surface area contributed by atoms with Crippen molar-refractivity contribution in [1.29, 1.82) is 0 Å². The molecule has 2 heterocycles. The Morgan fingerprint density at radius 1 is 1.22 bits per heavy atom. The van der Waals surface area contributed by atoms with E-state index in [1.54, 1.807) is 6.07 Å². The number of H-pyrrole nitrogens is 1. The molecule has 1 aliphatic rings. The molecule has 2 atom stereocenters. The molecule has 1 fully saturated rings. The van der Waals surface area contributed by atoms with Gasteiger partial charge in [0.25, 0.3) is 0 Å². The number of nitrogen functional groups attached to an aromatic ring is 1. The number of nitrogens with zero attached hydrogens (tertiary/aromatic N) is 2. The number of imidazole rings is 1. The second kappa shape index (κ2) is 4.57. The lowest BCUT2D eigenvalue weighted by Gasteiger charge is -2.28. The lowest BCUT2D eigenvalue weighted by molar-refractivity contribution is 0.306. The Bertz CT molecular complexity index is 547. The lowest BCUT2D eigenvalue weighted by Crippen LogP contribution is -2.25. The van der Waals surface area contributed by atoms with Crippen LogP contribution >= 0.6 is 0 Å². The van der Waals surface area contributed by atoms with Crippen molar-refractivity contribution in [2.75, 3.05) is 12.3 Å². The molecule has 0 amide bonds. The van der Waals surface area contributed by atoms with Crippen LogP contribution in [0.4, 0.5) is 5.82 Å². The van der Waals surface area contributed by atoms with Crippen molar-refractivity contribution in [2.45, 2.75) is 31.6 Å². The van der Waals surface area contributed by atoms with Crippen molar-refractivity contribution in [3.8, 4) is 0 Å². The van der Waals surface area contributed by atoms with Gasteiger partial charge in [0.2, 0.25) is 0 Å². The summed E-state index contributed by atoms with van der Waals surface area (Å²) in [5, 5.41) is 0. The van der Waals surface area contributed by atoms with Gasteiger partial charge in [0.05, 0.1) is 5.52 Å². The molecule has 5 nitrogen and oxygen atoms in total. The molecule has 1 saturated carbocycles. The zero-order valence-electron chi connectivity index (χ0n) is 10.4. The Balaban J connectivity index is 1.97. The summed E-state index contributed by atoms with van der Waals surface area (Å²) in [6.07, 6.45) is 4.91. The molecule has 1 aliphatic carbocycles. The third-order valence-electron chi connectivity index (χ3n) is 3.95. The first-order valence-corrected chi connectivity index (χ1v) is 6.60. The standard InChI is InChI=1S/C13H19N5/c14-7-8-3-1-2-4-9(8)12-16-10-5-6-11(15)17-13(10)18-12/h5-6,8-9H,1-4,7,14H2,(H3,15,16,17,18). The average molecular weight is 245 g/mol. The molecular formula is C13H19N5. The van der Waals surface area contributed by atoms with Crippen LogP contribution in [0.5, 0.6) is 0 Å². The van der Waals surface area contributed by atoms with Crippen molar-refractivity contribution in [2.24, 2.45) is 11.7 Å². The minimum atomic E-state index is 0.444. The first kappa shape index (κ1) is 11.5. The summed E-state index contributed by atoms with van der Waals surface area (Å²) in [7, 11) is 0. The number of nitrogens with two attached hydrogens (primary N) is 2. The summed E-state index contributed by atoms with van der Waals surface area (Å²) in [6.45, 7) is 0.733. The largest absolute Gasteiger partial charge is 0.384 e. The molecule has 3 rings (SSSR count). The van der Waals surface area contributed by atoms with Gasteiger partial charge in [-0.05, 0) is 37.4 Å². The first-order chi connectivity index (χ1) is 8.78. The van der Waals surface area contributed by atoms with Gasteiger partial charge >= 0.3 is 0 Å². The SMILES string of the molecule is NCC1CCCCC1c1nc2nc(N)ccc2[nH]1. The zero-order chi connectivity index (χ0) is 12.5. The van der Waals surface area contributed by atoms with Crippen LogP contribution in [0.1, 0.15) is 37.4 Å². The number of aromatic amines is 1. The van der Waals surface area contributed by atoms with Gasteiger partial charge in [-0.1, -0.05) is 12.8 Å². The number of hydrogen-bond donors (Lipinski definition) is 3. The first-order valence-electron chi connectivity index (χ1n) is 6.60. The second-order valence-electron chi connectivity index (χ2n) is 5.12. The van der Waals surface area contributed by atoms with Crippen LogP contribution < -0.4 is 11.5 Å². The fraction of sp³-hybridized carbons (Fsp3) is 0.538. The van der Waals surface area contributed by atoms with Crippen molar-refractivity contribution >= 4 is 17.0 Å². The van der Waals surface area contributed by atoms with E-state index in [-0.39, 0.29) is 0 Å². The van der Waals surface area contributed by atoms with Crippen molar-refractivity contribution in [3.05, 3.63) is 18.0 Å². The molecule has 96 valence electrons. The Morgan fingerprint density at radius 2 is 2.06 bits per heavy atom. The maximum Gasteiger partial charge on any atom is 0.179 e. The van der Waals surface area contributed by atoms with E-state index in [0.29, 0.717) is 23.3 Å². The van der Waals surface area contributed by atoms with E-state index in [2.05, 4.69) is 15.0 Å². The van der Waals surface area contributed by atoms with E-state index >= 15 is 0 Å². The van der Waals surface area contributed by atoms with Crippen LogP contribution in [0.15, 0.2) is 12.1 Å². The van der Waals surface area contributed by atoms with E-state index in [1.165, 1.54) is 19.3 Å². The number of nitrogens with one attached hydrogen (secondary N) is 1. The Morgan fingerprint density at radius 3 is 2.89 bits per heavy atom. The minimum absolute atomic E-state index is 0.444. The highest BCUT2D eigenvalue weighted by Gasteiger charge is 2.27. The number of aromatic nitrogens is 3. The Kier molecular flexibility index (Phi) is 2.91. The Labute approximate surface area is 106 Å². The molecule has 0 aliphatic heterocycles. The molecule has 0 bridgehead atoms. The predicted octanol–water partition coefficient (Wildman–Crippen LogP) is 1.77. The molecule has 5 heteroatoms. The van der Waals surface area contributed by atoms with Crippen molar-refractivity contribution in [3.63, 3.8) is 0 Å². The van der Waals surface area contributed by atoms with Crippen LogP contribution in [0.3, 0.4) is 0 Å². The van der Waals surface area contributed by atoms with Gasteiger partial charge < -0.3 is 16.5 Å². The van der Waals surface area contributed by atoms with Gasteiger partial charge in [-0.15, -0.1) is 0 Å². The van der Waals surface area contributed by atoms with Gasteiger partial charge in [0.15, 0.2) is 5.65 Å². The highest BCUT2D eigenvalue weighted by Crippen LogP contribution is 2.36. The summed E-state index contributed by atoms with van der Waals surface area (Å²) >= 11 is 0. The number of rotatable bonds is 2. The molecular weight excluding hydrogens is 226 g/mol. The summed E-state index contributed by atoms with van der Waals surface area (Å²) in [5.74, 6) is 2.52. The van der Waals surface area contributed by atoms with E-state index in [1.807, 2.05) is 6.07 Å². The quantitative estimate of drug-likeness (QED) is 0.751. The summed E-state index contributed by atoms with van der Waals surface area (Å²) in [6, 6.07) is 3.74. The molecule has 2 aromatic rings. The van der Waals surface area contributed by atoms with Crippen LogP contribution in [0, 0.1) is 5.92 Å². The maximum atomic E-state index is 5.87. The second-order valence-corrected chi connectivity index (χ2v) is 5.12. The smallest absolute Gasteiger partial charge is 0.179 e. The van der Waals surface area contributed by atoms with E-state index in [9.17, 15) is 0 Å². The van der Waals surface area contributed by atoms with E-state index in [0.717, 1.165) is 24.3 Å². The van der Waals surface area contributed by atoms with Gasteiger partial charge in [-0.2, -0.15) is 0 Å². The summed E-state index contributed by atoms with van der Waals surface area (Å²) in [4.78, 5) is 12.2. The maximum absolute atomic E-state index is 5.87. The van der Waals surface area contributed by atoms with Gasteiger partial charge in [-0.3, -0.25) is 0 Å². The number of hydrogen-bond acceptors (Lipinski definition) is 4. The molecule has 2 unspecified atom stereocenters. The van der Waals surface area contributed by atoms with E-state index < -0.39 is 0 Å². The molecule has 18 heavy (non-hydrogen) atoms. The average Bonchev–Trinajstić information content (AvgIpc) is 2.81. The van der Waals surface area contributed by atoms with Crippen LogP contribution in [0.2, 0.25) is 0 Å². The van der Waals surface area contributed by atoms with Crippen LogP contribution in [-0.4, -0.2) is 21.5 Å². The molecule has 0 spiro atoms. The fourth-order valence-corrected chi connectivity index (χ4v) is 2.95. The number of fused-ring (bicyclic) bond motifs is 1. The molecule has 0 saturated heterocycles. The molecule has 0 radical (unpaired) electrons. The molecule has 5 N–H and O–H groups in total. The highest BCUT2D eigenvalue weighted by atomic mass is 15.0. The molecule has 0 aromatic carbocycles. The van der Waals surface area contributed by atoms with E-state index in [4.69, 9.17) is 11.5 Å². The predicted molar refractivity (Wildman–Crippen MR) is 72.1 cm³/mol. The van der Waals surface area contributed by atoms with Gasteiger partial charge in [-0.25, -0.2) is 9.97 Å². The topological polar surface area (TPSA) is 93.6 Å². The number of anilines is 1. The van der Waals surface area contributed by atoms with Gasteiger partial charge in [0.1, 0.15) is 11.6 Å². The monoisotopic (exact) mass is 245 g/mol. The lowest BCUT2D eigenvalue weighted by atomic mass is 9.79. The fourth-order valence-electron chi connectivity index (χ4n) is 2.95. The number of pyridine rings is 1. The summed E-state index contributed by atoms with van der Waals surface area (Å²) in [5.41, 5.74) is 13.2. The summed E-state index contributed by atoms with van der Waals surface area (Å²) < 4.78 is 0. The molecule has 2 aromatic heterocycles. The third-order valence-corrected chi connectivity index (χ3v) is 3.95. The third kappa shape index (κ3) is 1.95.